The molecule has 11 rings (SSSR count). The highest BCUT2D eigenvalue weighted by Crippen LogP contribution is 2.62. The molecule has 0 radical (unpaired) electrons. The van der Waals surface area contributed by atoms with Crippen molar-refractivity contribution in [3.8, 4) is 78.4 Å². The highest BCUT2D eigenvalue weighted by atomic mass is 14.9. The molecule has 0 unspecified atom stereocenters. The second-order valence-corrected chi connectivity index (χ2v) is 14.5. The highest BCUT2D eigenvalue weighted by Gasteiger charge is 2.51. The first kappa shape index (κ1) is 31.4. The summed E-state index contributed by atoms with van der Waals surface area (Å²) in [5, 5.41) is 0. The Morgan fingerprint density at radius 1 is 0.255 bits per heavy atom. The molecule has 1 heterocycles. The predicted molar refractivity (Wildman–Crippen MR) is 226 cm³/mol. The number of rotatable bonds is 5. The summed E-state index contributed by atoms with van der Waals surface area (Å²) in [6.07, 6.45) is 0. The number of nitrogens with zero attached hydrogens (tertiary/aromatic N) is 2. The lowest BCUT2D eigenvalue weighted by molar-refractivity contribution is 0.794. The van der Waals surface area contributed by atoms with Crippen LogP contribution in [0.5, 0.6) is 0 Å². The van der Waals surface area contributed by atoms with Gasteiger partial charge in [-0.25, -0.2) is 9.97 Å². The van der Waals surface area contributed by atoms with Gasteiger partial charge in [0.05, 0.1) is 16.8 Å². The molecule has 2 aliphatic rings. The molecule has 1 spiro atoms. The van der Waals surface area contributed by atoms with Crippen molar-refractivity contribution in [1.82, 2.24) is 9.97 Å². The maximum Gasteiger partial charge on any atom is 0.160 e. The van der Waals surface area contributed by atoms with Crippen molar-refractivity contribution in [2.45, 2.75) is 5.41 Å². The Morgan fingerprint density at radius 3 is 1.15 bits per heavy atom. The van der Waals surface area contributed by atoms with Crippen LogP contribution < -0.4 is 0 Å². The third kappa shape index (κ3) is 4.89. The van der Waals surface area contributed by atoms with Gasteiger partial charge in [-0.2, -0.15) is 0 Å². The number of benzene rings is 8. The van der Waals surface area contributed by atoms with Crippen LogP contribution in [0.1, 0.15) is 22.3 Å². The minimum absolute atomic E-state index is 0.374. The third-order valence-corrected chi connectivity index (χ3v) is 11.6. The summed E-state index contributed by atoms with van der Waals surface area (Å²) in [4.78, 5) is 10.5. The van der Waals surface area contributed by atoms with Crippen molar-refractivity contribution in [1.29, 1.82) is 0 Å². The van der Waals surface area contributed by atoms with E-state index in [1.165, 1.54) is 66.8 Å². The molecule has 55 heavy (non-hydrogen) atoms. The number of aromatic nitrogens is 2. The van der Waals surface area contributed by atoms with E-state index in [-0.39, 0.29) is 5.41 Å². The van der Waals surface area contributed by atoms with Gasteiger partial charge in [0.15, 0.2) is 5.82 Å². The molecule has 0 bridgehead atoms. The molecule has 0 N–H and O–H groups in total. The zero-order valence-corrected chi connectivity index (χ0v) is 30.0. The van der Waals surface area contributed by atoms with E-state index in [1.807, 2.05) is 6.07 Å². The van der Waals surface area contributed by atoms with Crippen LogP contribution in [-0.4, -0.2) is 9.97 Å². The summed E-state index contributed by atoms with van der Waals surface area (Å²) in [5.41, 5.74) is 19.7. The van der Waals surface area contributed by atoms with Crippen LogP contribution in [0.4, 0.5) is 0 Å². The molecule has 9 aromatic rings. The van der Waals surface area contributed by atoms with Gasteiger partial charge < -0.3 is 0 Å². The van der Waals surface area contributed by atoms with Gasteiger partial charge in [-0.1, -0.05) is 194 Å². The Morgan fingerprint density at radius 2 is 0.618 bits per heavy atom. The van der Waals surface area contributed by atoms with Crippen LogP contribution in [-0.2, 0) is 5.41 Å². The lowest BCUT2D eigenvalue weighted by Gasteiger charge is -2.30. The largest absolute Gasteiger partial charge is 0.228 e. The monoisotopic (exact) mass is 698 g/mol. The third-order valence-electron chi connectivity index (χ3n) is 11.6. The predicted octanol–water partition coefficient (Wildman–Crippen LogP) is 13.2. The number of fused-ring (bicyclic) bond motifs is 10. The van der Waals surface area contributed by atoms with E-state index in [4.69, 9.17) is 9.97 Å². The van der Waals surface area contributed by atoms with Crippen LogP contribution in [0.25, 0.3) is 78.4 Å². The Labute approximate surface area is 321 Å². The Kier molecular flexibility index (Phi) is 7.11. The van der Waals surface area contributed by atoms with Gasteiger partial charge in [0.2, 0.25) is 0 Å². The SMILES string of the molecule is c1ccc(-c2ccc(-c3cc(-c4ccc5c(c4)-c4ccccc4C54c5ccccc5-c5ccccc54)nc(-c4ccc(-c5ccccc5)cc4)n3)cc2)cc1. The second-order valence-electron chi connectivity index (χ2n) is 14.5. The maximum absolute atomic E-state index is 5.30. The van der Waals surface area contributed by atoms with Crippen molar-refractivity contribution in [3.05, 3.63) is 229 Å². The molecule has 0 saturated heterocycles. The average Bonchev–Trinajstić information content (AvgIpc) is 3.74. The summed E-state index contributed by atoms with van der Waals surface area (Å²) in [5.74, 6) is 0.704. The van der Waals surface area contributed by atoms with E-state index >= 15 is 0 Å². The standard InChI is InChI=1S/C53H34N2/c1-3-13-35(14-4-1)37-23-27-39(28-24-37)50-34-51(55-52(54-50)40-29-25-38(26-30-40)36-15-5-2-6-16-36)41-31-32-49-45(33-41)44-19-9-12-22-48(44)53(49)46-20-10-7-17-42(46)43-18-8-11-21-47(43)53/h1-34H. The molecular formula is C53H34N2. The Bertz CT molecular complexity index is 2740. The highest BCUT2D eigenvalue weighted by molar-refractivity contribution is 5.96. The molecule has 2 aliphatic carbocycles. The van der Waals surface area contributed by atoms with E-state index in [0.29, 0.717) is 5.82 Å². The van der Waals surface area contributed by atoms with Gasteiger partial charge in [-0.3, -0.25) is 0 Å². The molecule has 1 aromatic heterocycles. The van der Waals surface area contributed by atoms with Gasteiger partial charge in [0.1, 0.15) is 0 Å². The fourth-order valence-electron chi connectivity index (χ4n) is 9.04. The minimum Gasteiger partial charge on any atom is -0.228 e. The molecule has 0 saturated carbocycles. The molecule has 0 aliphatic heterocycles. The summed E-state index contributed by atoms with van der Waals surface area (Å²) in [6.45, 7) is 0. The summed E-state index contributed by atoms with van der Waals surface area (Å²) >= 11 is 0. The average molecular weight is 699 g/mol. The fraction of sp³-hybridized carbons (Fsp3) is 0.0189. The van der Waals surface area contributed by atoms with Crippen LogP contribution in [0.2, 0.25) is 0 Å². The second kappa shape index (κ2) is 12.5. The molecular weight excluding hydrogens is 665 g/mol. The first-order chi connectivity index (χ1) is 27.3. The Balaban J connectivity index is 1.08. The van der Waals surface area contributed by atoms with Gasteiger partial charge in [-0.05, 0) is 78.9 Å². The van der Waals surface area contributed by atoms with Crippen LogP contribution >= 0.6 is 0 Å². The zero-order chi connectivity index (χ0) is 36.3. The van der Waals surface area contributed by atoms with E-state index in [1.54, 1.807) is 0 Å². The lowest BCUT2D eigenvalue weighted by Crippen LogP contribution is -2.25. The smallest absolute Gasteiger partial charge is 0.160 e. The molecule has 2 heteroatoms. The van der Waals surface area contributed by atoms with E-state index in [9.17, 15) is 0 Å². The van der Waals surface area contributed by atoms with Gasteiger partial charge in [0.25, 0.3) is 0 Å². The number of hydrogen-bond acceptors (Lipinski definition) is 2. The van der Waals surface area contributed by atoms with Crippen molar-refractivity contribution in [2.75, 3.05) is 0 Å². The molecule has 8 aromatic carbocycles. The van der Waals surface area contributed by atoms with E-state index in [2.05, 4.69) is 200 Å². The lowest BCUT2D eigenvalue weighted by atomic mass is 9.70. The van der Waals surface area contributed by atoms with Crippen LogP contribution in [0.3, 0.4) is 0 Å². The molecule has 256 valence electrons. The van der Waals surface area contributed by atoms with Crippen LogP contribution in [0, 0.1) is 0 Å². The minimum atomic E-state index is -0.374. The van der Waals surface area contributed by atoms with E-state index < -0.39 is 0 Å². The molecule has 0 amide bonds. The normalized spacial score (nSPS) is 12.9. The van der Waals surface area contributed by atoms with Crippen molar-refractivity contribution in [2.24, 2.45) is 0 Å². The van der Waals surface area contributed by atoms with Gasteiger partial charge in [0, 0.05) is 16.7 Å². The summed E-state index contributed by atoms with van der Waals surface area (Å²) in [6, 6.07) is 74.3. The van der Waals surface area contributed by atoms with Crippen LogP contribution in [0.15, 0.2) is 206 Å². The van der Waals surface area contributed by atoms with Crippen molar-refractivity contribution >= 4 is 0 Å². The summed E-state index contributed by atoms with van der Waals surface area (Å²) in [7, 11) is 0. The molecule has 0 atom stereocenters. The Hall–Kier alpha value is -7.16. The molecule has 2 nitrogen and oxygen atoms in total. The first-order valence-electron chi connectivity index (χ1n) is 18.9. The van der Waals surface area contributed by atoms with Gasteiger partial charge in [-0.15, -0.1) is 0 Å². The topological polar surface area (TPSA) is 25.8 Å². The van der Waals surface area contributed by atoms with E-state index in [0.717, 1.165) is 28.1 Å². The quantitative estimate of drug-likeness (QED) is 0.179. The van der Waals surface area contributed by atoms with Crippen molar-refractivity contribution in [3.63, 3.8) is 0 Å². The van der Waals surface area contributed by atoms with Crippen molar-refractivity contribution < 1.29 is 0 Å². The zero-order valence-electron chi connectivity index (χ0n) is 30.0. The maximum atomic E-state index is 5.30. The molecule has 0 fully saturated rings. The van der Waals surface area contributed by atoms with Gasteiger partial charge >= 0.3 is 0 Å². The number of hydrogen-bond donors (Lipinski definition) is 0. The summed E-state index contributed by atoms with van der Waals surface area (Å²) < 4.78 is 0. The first-order valence-corrected chi connectivity index (χ1v) is 18.9. The fourth-order valence-corrected chi connectivity index (χ4v) is 9.04.